The van der Waals surface area contributed by atoms with Crippen molar-refractivity contribution in [2.75, 3.05) is 0 Å². The van der Waals surface area contributed by atoms with Crippen LogP contribution in [0, 0.1) is 13.8 Å². The van der Waals surface area contributed by atoms with Crippen LogP contribution in [-0.4, -0.2) is 13.0 Å². The minimum atomic E-state index is -3.70. The van der Waals surface area contributed by atoms with Crippen molar-refractivity contribution in [3.8, 4) is 0 Å². The number of aromatic nitrogens is 1. The summed E-state index contributed by atoms with van der Waals surface area (Å²) in [6.45, 7) is 8.48. The number of benzene rings is 2. The summed E-state index contributed by atoms with van der Waals surface area (Å²) in [7, 11) is -3.70. The van der Waals surface area contributed by atoms with Gasteiger partial charge in [-0.25, -0.2) is 13.1 Å². The third kappa shape index (κ3) is 3.85. The fourth-order valence-corrected chi connectivity index (χ4v) is 5.54. The molecule has 0 spiro atoms. The highest BCUT2D eigenvalue weighted by atomic mass is 32.2. The molecule has 0 unspecified atom stereocenters. The van der Waals surface area contributed by atoms with Crippen molar-refractivity contribution in [3.63, 3.8) is 0 Å². The van der Waals surface area contributed by atoms with Crippen molar-refractivity contribution in [1.29, 1.82) is 0 Å². The zero-order valence-electron chi connectivity index (χ0n) is 15.9. The molecule has 144 valence electrons. The van der Waals surface area contributed by atoms with E-state index in [-0.39, 0.29) is 15.8 Å². The second-order valence-corrected chi connectivity index (χ2v) is 9.37. The van der Waals surface area contributed by atoms with Crippen molar-refractivity contribution in [1.82, 2.24) is 9.29 Å². The first-order valence-electron chi connectivity index (χ1n) is 8.99. The van der Waals surface area contributed by atoms with Crippen LogP contribution < -0.4 is 9.60 Å². The van der Waals surface area contributed by atoms with Gasteiger partial charge in [0.1, 0.15) is 0 Å². The van der Waals surface area contributed by atoms with Crippen molar-refractivity contribution in [2.45, 2.75) is 51.6 Å². The first-order valence-corrected chi connectivity index (χ1v) is 11.3. The van der Waals surface area contributed by atoms with E-state index in [1.54, 1.807) is 22.8 Å². The molecule has 0 bridgehead atoms. The normalized spacial score (nSPS) is 13.2. The first-order chi connectivity index (χ1) is 12.8. The quantitative estimate of drug-likeness (QED) is 0.672. The van der Waals surface area contributed by atoms with Gasteiger partial charge in [0, 0.05) is 12.6 Å². The fourth-order valence-electron chi connectivity index (χ4n) is 3.14. The lowest BCUT2D eigenvalue weighted by atomic mass is 10.0. The molecule has 0 aliphatic carbocycles. The van der Waals surface area contributed by atoms with Gasteiger partial charge in [0.15, 0.2) is 0 Å². The Labute approximate surface area is 163 Å². The van der Waals surface area contributed by atoms with Gasteiger partial charge < -0.3 is 0 Å². The smallest absolute Gasteiger partial charge is 0.299 e. The van der Waals surface area contributed by atoms with Crippen molar-refractivity contribution in [2.24, 2.45) is 0 Å². The van der Waals surface area contributed by atoms with Gasteiger partial charge in [0.2, 0.25) is 10.0 Å². The van der Waals surface area contributed by atoms with E-state index in [9.17, 15) is 13.2 Å². The Kier molecular flexibility index (Phi) is 5.55. The summed E-state index contributed by atoms with van der Waals surface area (Å²) >= 11 is 1.07. The highest BCUT2D eigenvalue weighted by Gasteiger charge is 2.21. The maximum Gasteiger partial charge on any atom is 0.308 e. The minimum Gasteiger partial charge on any atom is -0.299 e. The predicted octanol–water partition coefficient (Wildman–Crippen LogP) is 4.13. The summed E-state index contributed by atoms with van der Waals surface area (Å²) in [6.07, 6.45) is 0.642. The minimum absolute atomic E-state index is 0.0726. The molecule has 27 heavy (non-hydrogen) atoms. The van der Waals surface area contributed by atoms with E-state index in [2.05, 4.69) is 4.72 Å². The molecule has 0 aliphatic heterocycles. The molecule has 0 radical (unpaired) electrons. The van der Waals surface area contributed by atoms with Crippen LogP contribution in [0.3, 0.4) is 0 Å². The topological polar surface area (TPSA) is 68.2 Å². The Morgan fingerprint density at radius 3 is 2.44 bits per heavy atom. The lowest BCUT2D eigenvalue weighted by molar-refractivity contribution is 0.550. The van der Waals surface area contributed by atoms with E-state index >= 15 is 0 Å². The summed E-state index contributed by atoms with van der Waals surface area (Å²) in [6, 6.07) is 10.6. The average Bonchev–Trinajstić information content (AvgIpc) is 2.96. The van der Waals surface area contributed by atoms with E-state index < -0.39 is 10.0 Å². The fraction of sp³-hybridized carbons (Fsp3) is 0.350. The standard InChI is InChI=1S/C20H24N2O3S2/c1-5-17(15-8-7-13(3)14(4)11-15)21-27(24,25)16-9-10-18-19(12-16)26-20(23)22(18)6-2/h7-12,17,21H,5-6H2,1-4H3/t17-/m0/s1. The van der Waals surface area contributed by atoms with Gasteiger partial charge in [-0.1, -0.05) is 36.5 Å². The number of rotatable bonds is 6. The van der Waals surface area contributed by atoms with Crippen LogP contribution in [0.5, 0.6) is 0 Å². The van der Waals surface area contributed by atoms with E-state index in [4.69, 9.17) is 0 Å². The van der Waals surface area contributed by atoms with E-state index in [1.807, 2.05) is 45.9 Å². The van der Waals surface area contributed by atoms with Crippen molar-refractivity contribution < 1.29 is 8.42 Å². The lowest BCUT2D eigenvalue weighted by Gasteiger charge is -2.19. The number of fused-ring (bicyclic) bond motifs is 1. The molecule has 0 aliphatic rings. The summed E-state index contributed by atoms with van der Waals surface area (Å²) in [4.78, 5) is 12.1. The van der Waals surface area contributed by atoms with Gasteiger partial charge in [0.25, 0.3) is 0 Å². The summed E-state index contributed by atoms with van der Waals surface area (Å²) in [5.74, 6) is 0. The summed E-state index contributed by atoms with van der Waals surface area (Å²) in [5.41, 5.74) is 4.04. The van der Waals surface area contributed by atoms with Crippen molar-refractivity contribution >= 4 is 31.6 Å². The zero-order valence-corrected chi connectivity index (χ0v) is 17.6. The number of hydrogen-bond acceptors (Lipinski definition) is 4. The average molecular weight is 405 g/mol. The Morgan fingerprint density at radius 1 is 1.07 bits per heavy atom. The van der Waals surface area contributed by atoms with Gasteiger partial charge in [-0.05, 0) is 62.1 Å². The molecule has 1 N–H and O–H groups in total. The SMILES string of the molecule is CC[C@H](NS(=O)(=O)c1ccc2c(c1)sc(=O)n2CC)c1ccc(C)c(C)c1. The largest absolute Gasteiger partial charge is 0.308 e. The molecule has 3 rings (SSSR count). The number of sulfonamides is 1. The molecule has 7 heteroatoms. The second-order valence-electron chi connectivity index (χ2n) is 6.67. The monoisotopic (exact) mass is 404 g/mol. The van der Waals surface area contributed by atoms with Crippen LogP contribution in [0.25, 0.3) is 10.2 Å². The van der Waals surface area contributed by atoms with Crippen LogP contribution in [0.2, 0.25) is 0 Å². The Morgan fingerprint density at radius 2 is 1.81 bits per heavy atom. The summed E-state index contributed by atoms with van der Waals surface area (Å²) < 4.78 is 31.0. The molecule has 0 saturated carbocycles. The molecule has 0 saturated heterocycles. The molecular weight excluding hydrogens is 380 g/mol. The van der Waals surface area contributed by atoms with Crippen LogP contribution in [0.1, 0.15) is 43.0 Å². The molecule has 2 aromatic carbocycles. The third-order valence-corrected chi connectivity index (χ3v) is 7.32. The number of nitrogens with zero attached hydrogens (tertiary/aromatic N) is 1. The molecule has 5 nitrogen and oxygen atoms in total. The maximum atomic E-state index is 12.9. The number of hydrogen-bond donors (Lipinski definition) is 1. The molecule has 1 heterocycles. The van der Waals surface area contributed by atoms with Crippen LogP contribution >= 0.6 is 11.3 Å². The first kappa shape index (κ1) is 19.8. The van der Waals surface area contributed by atoms with Crippen LogP contribution in [0.15, 0.2) is 46.1 Å². The Hall–Kier alpha value is -1.96. The highest BCUT2D eigenvalue weighted by Crippen LogP contribution is 2.25. The van der Waals surface area contributed by atoms with Gasteiger partial charge >= 0.3 is 4.87 Å². The highest BCUT2D eigenvalue weighted by molar-refractivity contribution is 7.89. The van der Waals surface area contributed by atoms with Gasteiger partial charge in [-0.15, -0.1) is 0 Å². The zero-order chi connectivity index (χ0) is 19.8. The van der Waals surface area contributed by atoms with Gasteiger partial charge in [0.05, 0.1) is 15.1 Å². The van der Waals surface area contributed by atoms with Gasteiger partial charge in [-0.2, -0.15) is 0 Å². The molecule has 3 aromatic rings. The van der Waals surface area contributed by atoms with Crippen molar-refractivity contribution in [3.05, 3.63) is 62.8 Å². The van der Waals surface area contributed by atoms with E-state index in [1.165, 1.54) is 5.56 Å². The van der Waals surface area contributed by atoms with Crippen LogP contribution in [-0.2, 0) is 16.6 Å². The lowest BCUT2D eigenvalue weighted by Crippen LogP contribution is -2.28. The molecule has 1 atom stereocenters. The van der Waals surface area contributed by atoms with Gasteiger partial charge in [-0.3, -0.25) is 9.36 Å². The van der Waals surface area contributed by atoms with E-state index in [0.29, 0.717) is 17.7 Å². The number of aryl methyl sites for hydroxylation is 3. The van der Waals surface area contributed by atoms with E-state index in [0.717, 1.165) is 28.0 Å². The Balaban J connectivity index is 1.96. The summed E-state index contributed by atoms with van der Waals surface area (Å²) in [5, 5.41) is 0. The second kappa shape index (κ2) is 7.58. The molecule has 0 amide bonds. The predicted molar refractivity (Wildman–Crippen MR) is 111 cm³/mol. The Bertz CT molecular complexity index is 1140. The molecule has 0 fully saturated rings. The third-order valence-electron chi connectivity index (χ3n) is 4.91. The number of nitrogens with one attached hydrogen (secondary N) is 1. The maximum absolute atomic E-state index is 12.9. The molecule has 1 aromatic heterocycles. The van der Waals surface area contributed by atoms with Crippen LogP contribution in [0.4, 0.5) is 0 Å². The number of thiazole rings is 1. The molecular formula is C20H24N2O3S2.